The largest absolute Gasteiger partial charge is 0.442 e. The average molecular weight is 500 g/mol. The molecule has 4 rings (SSSR count). The summed E-state index contributed by atoms with van der Waals surface area (Å²) in [6.45, 7) is 4.29. The molecule has 3 atom stereocenters. The van der Waals surface area contributed by atoms with Gasteiger partial charge in [-0.15, -0.1) is 0 Å². The van der Waals surface area contributed by atoms with Gasteiger partial charge in [-0.3, -0.25) is 14.5 Å². The molecule has 2 saturated heterocycles. The van der Waals surface area contributed by atoms with E-state index in [1.165, 1.54) is 17.9 Å². The molecule has 0 radical (unpaired) electrons. The zero-order chi connectivity index (χ0) is 25.9. The Morgan fingerprint density at radius 2 is 2.03 bits per heavy atom. The quantitative estimate of drug-likeness (QED) is 0.621. The van der Waals surface area contributed by atoms with Crippen molar-refractivity contribution in [2.24, 2.45) is 5.92 Å². The van der Waals surface area contributed by atoms with Gasteiger partial charge in [0.15, 0.2) is 0 Å². The van der Waals surface area contributed by atoms with E-state index in [9.17, 15) is 19.6 Å². The lowest BCUT2D eigenvalue weighted by Gasteiger charge is -2.40. The zero-order valence-corrected chi connectivity index (χ0v) is 20.9. The number of cyclic esters (lactones) is 1. The molecule has 194 valence electrons. The van der Waals surface area contributed by atoms with Gasteiger partial charge in [0.25, 0.3) is 0 Å². The van der Waals surface area contributed by atoms with E-state index in [1.54, 1.807) is 12.1 Å². The minimum atomic E-state index is -0.754. The Morgan fingerprint density at radius 3 is 2.67 bits per heavy atom. The summed E-state index contributed by atoms with van der Waals surface area (Å²) in [5.74, 6) is -0.965. The third kappa shape index (κ3) is 5.55. The number of piperidine rings is 1. The van der Waals surface area contributed by atoms with E-state index < -0.39 is 23.6 Å². The van der Waals surface area contributed by atoms with Crippen LogP contribution < -0.4 is 20.4 Å². The summed E-state index contributed by atoms with van der Waals surface area (Å²) in [6, 6.07) is 6.93. The summed E-state index contributed by atoms with van der Waals surface area (Å²) in [5.41, 5.74) is 0.0613. The molecule has 0 aromatic heterocycles. The molecule has 2 N–H and O–H groups in total. The molecule has 36 heavy (non-hydrogen) atoms. The number of rotatable bonds is 6. The number of hydrogen-bond acceptors (Lipinski definition) is 6. The highest BCUT2D eigenvalue weighted by Crippen LogP contribution is 2.34. The van der Waals surface area contributed by atoms with Crippen LogP contribution in [0.5, 0.6) is 0 Å². The highest BCUT2D eigenvalue weighted by Gasteiger charge is 2.38. The van der Waals surface area contributed by atoms with Gasteiger partial charge in [0.2, 0.25) is 11.8 Å². The van der Waals surface area contributed by atoms with Crippen molar-refractivity contribution in [1.82, 2.24) is 10.6 Å². The van der Waals surface area contributed by atoms with Crippen molar-refractivity contribution in [1.29, 1.82) is 5.26 Å². The van der Waals surface area contributed by atoms with Crippen LogP contribution in [0.4, 0.5) is 20.6 Å². The number of benzene rings is 1. The fraction of sp³-hybridized carbons (Fsp3) is 0.615. The van der Waals surface area contributed by atoms with Crippen LogP contribution in [0.3, 0.4) is 0 Å². The Bertz CT molecular complexity index is 1050. The molecule has 1 aromatic rings. The van der Waals surface area contributed by atoms with Crippen molar-refractivity contribution < 1.29 is 23.5 Å². The van der Waals surface area contributed by atoms with E-state index in [4.69, 9.17) is 4.74 Å². The molecule has 3 aliphatic rings. The third-order valence-corrected chi connectivity index (χ3v) is 7.54. The molecule has 2 unspecified atom stereocenters. The van der Waals surface area contributed by atoms with Gasteiger partial charge in [0, 0.05) is 25.4 Å². The van der Waals surface area contributed by atoms with Gasteiger partial charge in [0.05, 0.1) is 30.5 Å². The van der Waals surface area contributed by atoms with Crippen molar-refractivity contribution in [2.45, 2.75) is 76.5 Å². The first-order valence-corrected chi connectivity index (χ1v) is 12.7. The van der Waals surface area contributed by atoms with Crippen molar-refractivity contribution in [3.05, 3.63) is 24.0 Å². The Hall–Kier alpha value is -3.35. The van der Waals surface area contributed by atoms with Crippen molar-refractivity contribution in [3.8, 4) is 6.07 Å². The van der Waals surface area contributed by atoms with Gasteiger partial charge in [-0.25, -0.2) is 9.18 Å². The molecule has 2 aliphatic heterocycles. The molecule has 1 aliphatic carbocycles. The number of halogens is 1. The molecule has 2 heterocycles. The van der Waals surface area contributed by atoms with Gasteiger partial charge < -0.3 is 20.3 Å². The van der Waals surface area contributed by atoms with E-state index in [2.05, 4.69) is 16.7 Å². The molecule has 3 amide bonds. The number of ether oxygens (including phenoxy) is 1. The van der Waals surface area contributed by atoms with Crippen LogP contribution in [0.25, 0.3) is 0 Å². The number of nitrogens with zero attached hydrogens (tertiary/aromatic N) is 3. The second-order valence-electron chi connectivity index (χ2n) is 10.2. The van der Waals surface area contributed by atoms with Gasteiger partial charge in [-0.1, -0.05) is 19.3 Å². The predicted octanol–water partition coefficient (Wildman–Crippen LogP) is 3.23. The molecule has 9 nitrogen and oxygen atoms in total. The minimum absolute atomic E-state index is 0.0713. The van der Waals surface area contributed by atoms with Gasteiger partial charge in [0.1, 0.15) is 17.5 Å². The van der Waals surface area contributed by atoms with Crippen LogP contribution in [0.2, 0.25) is 0 Å². The van der Waals surface area contributed by atoms with Gasteiger partial charge in [-0.2, -0.15) is 5.26 Å². The lowest BCUT2D eigenvalue weighted by Crippen LogP contribution is -2.53. The second kappa shape index (κ2) is 10.7. The molecule has 1 aromatic carbocycles. The Kier molecular flexibility index (Phi) is 7.67. The monoisotopic (exact) mass is 499 g/mol. The zero-order valence-electron chi connectivity index (χ0n) is 20.9. The molecule has 0 spiro atoms. The number of carbonyl (C=O) groups is 3. The number of nitrogens with one attached hydrogen (secondary N) is 2. The number of amides is 3. The third-order valence-electron chi connectivity index (χ3n) is 7.54. The summed E-state index contributed by atoms with van der Waals surface area (Å²) in [4.78, 5) is 39.7. The maximum Gasteiger partial charge on any atom is 0.414 e. The summed E-state index contributed by atoms with van der Waals surface area (Å²) >= 11 is 0. The van der Waals surface area contributed by atoms with Crippen LogP contribution >= 0.6 is 0 Å². The highest BCUT2D eigenvalue weighted by molar-refractivity contribution is 5.90. The molecule has 3 fully saturated rings. The van der Waals surface area contributed by atoms with E-state index in [-0.39, 0.29) is 36.9 Å². The van der Waals surface area contributed by atoms with Crippen molar-refractivity contribution in [3.63, 3.8) is 0 Å². The fourth-order valence-corrected chi connectivity index (χ4v) is 5.52. The van der Waals surface area contributed by atoms with E-state index in [1.807, 2.05) is 11.8 Å². The first-order chi connectivity index (χ1) is 17.2. The molecule has 0 bridgehead atoms. The lowest BCUT2D eigenvalue weighted by atomic mass is 9.81. The van der Waals surface area contributed by atoms with Crippen molar-refractivity contribution in [2.75, 3.05) is 29.4 Å². The van der Waals surface area contributed by atoms with Gasteiger partial charge >= 0.3 is 6.09 Å². The lowest BCUT2D eigenvalue weighted by molar-refractivity contribution is -0.127. The van der Waals surface area contributed by atoms with E-state index >= 15 is 4.39 Å². The van der Waals surface area contributed by atoms with Crippen LogP contribution in [0, 0.1) is 23.1 Å². The maximum atomic E-state index is 15.2. The van der Waals surface area contributed by atoms with Crippen LogP contribution in [0.15, 0.2) is 18.2 Å². The van der Waals surface area contributed by atoms with Crippen molar-refractivity contribution >= 4 is 29.3 Å². The Morgan fingerprint density at radius 1 is 1.28 bits per heavy atom. The first-order valence-electron chi connectivity index (χ1n) is 12.7. The second-order valence-corrected chi connectivity index (χ2v) is 10.2. The standard InChI is InChI=1S/C26H34FN5O4/c1-17-12-19(24(34)30-26(16-28)9-4-3-5-10-26)8-11-31(17)23-7-6-20(13-22(23)27)32-15-21(36-25(32)35)14-29-18(2)33/h6-7,13,17,19,21H,3-5,8-12,14-15H2,1-2H3,(H,29,33)(H,30,34)/t17?,19?,21-/m0/s1. The van der Waals surface area contributed by atoms with E-state index in [0.29, 0.717) is 43.6 Å². The summed E-state index contributed by atoms with van der Waals surface area (Å²) in [5, 5.41) is 15.3. The Labute approximate surface area is 210 Å². The maximum absolute atomic E-state index is 15.2. The van der Waals surface area contributed by atoms with E-state index in [0.717, 1.165) is 19.3 Å². The van der Waals surface area contributed by atoms with Crippen LogP contribution in [-0.4, -0.2) is 55.2 Å². The molecular formula is C26H34FN5O4. The summed E-state index contributed by atoms with van der Waals surface area (Å²) in [6.07, 6.45) is 4.44. The Balaban J connectivity index is 1.37. The van der Waals surface area contributed by atoms with Gasteiger partial charge in [-0.05, 0) is 50.8 Å². The predicted molar refractivity (Wildman–Crippen MR) is 132 cm³/mol. The van der Waals surface area contributed by atoms with Crippen LogP contribution in [0.1, 0.15) is 58.8 Å². The topological polar surface area (TPSA) is 115 Å². The fourth-order valence-electron chi connectivity index (χ4n) is 5.52. The number of anilines is 2. The molecule has 10 heteroatoms. The molecular weight excluding hydrogens is 465 g/mol. The highest BCUT2D eigenvalue weighted by atomic mass is 19.1. The average Bonchev–Trinajstić information content (AvgIpc) is 3.24. The minimum Gasteiger partial charge on any atom is -0.442 e. The SMILES string of the molecule is CC(=O)NC[C@H]1CN(c2ccc(N3CCC(C(=O)NC4(C#N)CCCCC4)CC3C)c(F)c2)C(=O)O1. The first kappa shape index (κ1) is 25.7. The normalized spacial score (nSPS) is 25.6. The number of nitriles is 1. The summed E-state index contributed by atoms with van der Waals surface area (Å²) < 4.78 is 20.5. The summed E-state index contributed by atoms with van der Waals surface area (Å²) in [7, 11) is 0. The molecule has 1 saturated carbocycles. The van der Waals surface area contributed by atoms with Crippen LogP contribution in [-0.2, 0) is 14.3 Å². The number of carbonyl (C=O) groups excluding carboxylic acids is 3. The number of hydrogen-bond donors (Lipinski definition) is 2. The smallest absolute Gasteiger partial charge is 0.414 e.